The molecule has 0 bridgehead atoms. The standard InChI is InChI=1S/C24H20N10O12S2/c25-13(35)1-3(15(27)37)7(19(31)41)11(8(20(32)42)4(1)16(28)38)23(45)47-48-24(46)12-9(21(33)43)5(17(29)39)2(14(26)36)6(18(30)40)10(12)22(34)44/h(H2,25,35)(H2,26,36)(H2,27,37)(H2,28,38)(H2,29,39)(H2,30,40)(H2,31,41)(H2,32,42)(H2,33,43)(H2,34,44). The first-order valence-corrected chi connectivity index (χ1v) is 14.1. The fourth-order valence-corrected chi connectivity index (χ4v) is 6.21. The van der Waals surface area contributed by atoms with Crippen LogP contribution < -0.4 is 57.3 Å². The van der Waals surface area contributed by atoms with Crippen LogP contribution in [0.25, 0.3) is 0 Å². The summed E-state index contributed by atoms with van der Waals surface area (Å²) in [7, 11) is -0.611. The highest BCUT2D eigenvalue weighted by Crippen LogP contribution is 2.38. The normalized spacial score (nSPS) is 10.4. The van der Waals surface area contributed by atoms with Crippen LogP contribution in [0.15, 0.2) is 0 Å². The molecule has 2 aromatic rings. The number of hydrogen-bond donors (Lipinski definition) is 10. The van der Waals surface area contributed by atoms with Crippen LogP contribution in [0.4, 0.5) is 0 Å². The summed E-state index contributed by atoms with van der Waals surface area (Å²) >= 11 is 0. The van der Waals surface area contributed by atoms with E-state index in [2.05, 4.69) is 0 Å². The lowest BCUT2D eigenvalue weighted by atomic mass is 9.85. The molecule has 0 aliphatic rings. The summed E-state index contributed by atoms with van der Waals surface area (Å²) in [6.45, 7) is 0. The maximum absolute atomic E-state index is 13.6. The Morgan fingerprint density at radius 2 is 0.333 bits per heavy atom. The predicted molar refractivity (Wildman–Crippen MR) is 162 cm³/mol. The Morgan fingerprint density at radius 1 is 0.229 bits per heavy atom. The minimum absolute atomic E-state index is 0.305. The summed E-state index contributed by atoms with van der Waals surface area (Å²) in [4.78, 5) is 151. The van der Waals surface area contributed by atoms with Gasteiger partial charge in [0.2, 0.25) is 69.3 Å². The molecule has 0 atom stereocenters. The number of rotatable bonds is 12. The molecule has 10 amide bonds. The Morgan fingerprint density at radius 3 is 0.438 bits per heavy atom. The second-order valence-corrected chi connectivity index (χ2v) is 11.0. The fraction of sp³-hybridized carbons (Fsp3) is 0. The smallest absolute Gasteiger partial charge is 0.250 e. The molecule has 0 spiro atoms. The van der Waals surface area contributed by atoms with Crippen molar-refractivity contribution in [3.63, 3.8) is 0 Å². The number of primary amides is 10. The first kappa shape index (κ1) is 37.4. The van der Waals surface area contributed by atoms with Crippen LogP contribution in [0.1, 0.15) is 124 Å². The van der Waals surface area contributed by atoms with E-state index < -0.39 is 136 Å². The molecule has 24 heteroatoms. The van der Waals surface area contributed by atoms with E-state index >= 15 is 0 Å². The zero-order valence-corrected chi connectivity index (χ0v) is 25.1. The van der Waals surface area contributed by atoms with Crippen molar-refractivity contribution in [1.29, 1.82) is 0 Å². The fourth-order valence-electron chi connectivity index (χ4n) is 4.53. The molecule has 2 rings (SSSR count). The Labute approximate surface area is 272 Å². The molecule has 0 saturated heterocycles. The number of nitrogens with two attached hydrogens (primary N) is 10. The molecule has 0 saturated carbocycles. The summed E-state index contributed by atoms with van der Waals surface area (Å²) in [6, 6.07) is 0. The van der Waals surface area contributed by atoms with Crippen molar-refractivity contribution < 1.29 is 57.5 Å². The lowest BCUT2D eigenvalue weighted by Crippen LogP contribution is -2.36. The van der Waals surface area contributed by atoms with Gasteiger partial charge in [-0.15, -0.1) is 0 Å². The van der Waals surface area contributed by atoms with Gasteiger partial charge < -0.3 is 57.3 Å². The van der Waals surface area contributed by atoms with Gasteiger partial charge in [-0.3, -0.25) is 57.5 Å². The molecule has 0 aromatic heterocycles. The van der Waals surface area contributed by atoms with Gasteiger partial charge in [-0.1, -0.05) is 0 Å². The van der Waals surface area contributed by atoms with Crippen LogP contribution >= 0.6 is 21.6 Å². The molecule has 2 aromatic carbocycles. The van der Waals surface area contributed by atoms with Gasteiger partial charge in [0.25, 0.3) is 0 Å². The number of amides is 10. The SMILES string of the molecule is NC(=O)c1c(C(N)=O)c(C(N)=O)c(C(=O)SSC(=O)c2c(C(N)=O)c(C(N)=O)c(C(N)=O)c(C(N)=O)c2C(N)=O)c(C(N)=O)c1C(N)=O. The van der Waals surface area contributed by atoms with E-state index in [4.69, 9.17) is 57.3 Å². The van der Waals surface area contributed by atoms with E-state index in [1.807, 2.05) is 0 Å². The van der Waals surface area contributed by atoms with Gasteiger partial charge in [-0.05, 0) is 21.6 Å². The van der Waals surface area contributed by atoms with E-state index in [0.29, 0.717) is 0 Å². The number of hydrogen-bond acceptors (Lipinski definition) is 14. The van der Waals surface area contributed by atoms with E-state index in [0.717, 1.165) is 0 Å². The molecular formula is C24H20N10O12S2. The van der Waals surface area contributed by atoms with Crippen molar-refractivity contribution in [2.45, 2.75) is 0 Å². The second kappa shape index (κ2) is 13.7. The van der Waals surface area contributed by atoms with Gasteiger partial charge in [0, 0.05) is 0 Å². The summed E-state index contributed by atoms with van der Waals surface area (Å²) < 4.78 is 0. The highest BCUT2D eigenvalue weighted by Gasteiger charge is 2.40. The van der Waals surface area contributed by atoms with Crippen molar-refractivity contribution >= 4 is 90.9 Å². The Balaban J connectivity index is 3.08. The highest BCUT2D eigenvalue weighted by molar-refractivity contribution is 8.87. The minimum Gasteiger partial charge on any atom is -0.366 e. The quantitative estimate of drug-likeness (QED) is 0.0926. The van der Waals surface area contributed by atoms with Crippen LogP contribution in [0.3, 0.4) is 0 Å². The Bertz CT molecular complexity index is 1760. The number of benzene rings is 2. The molecule has 20 N–H and O–H groups in total. The maximum atomic E-state index is 13.6. The third-order valence-corrected chi connectivity index (χ3v) is 8.02. The van der Waals surface area contributed by atoms with Crippen LogP contribution in [-0.4, -0.2) is 69.3 Å². The molecule has 0 fully saturated rings. The summed E-state index contributed by atoms with van der Waals surface area (Å²) in [5, 5.41) is -3.28. The molecule has 0 radical (unpaired) electrons. The molecule has 0 aliphatic carbocycles. The topological polar surface area (TPSA) is 465 Å². The molecule has 22 nitrogen and oxygen atoms in total. The predicted octanol–water partition coefficient (Wildman–Crippen LogP) is -4.96. The molecule has 250 valence electrons. The van der Waals surface area contributed by atoms with Crippen molar-refractivity contribution in [1.82, 2.24) is 0 Å². The number of carbonyl (C=O) groups excluding carboxylic acids is 12. The maximum Gasteiger partial charge on any atom is 0.250 e. The third-order valence-electron chi connectivity index (χ3n) is 6.07. The molecule has 0 unspecified atom stereocenters. The first-order valence-electron chi connectivity index (χ1n) is 11.9. The van der Waals surface area contributed by atoms with Crippen LogP contribution in [0.5, 0.6) is 0 Å². The lowest BCUT2D eigenvalue weighted by molar-refractivity contribution is 0.0932. The van der Waals surface area contributed by atoms with Crippen LogP contribution in [-0.2, 0) is 0 Å². The van der Waals surface area contributed by atoms with Gasteiger partial charge in [0.1, 0.15) is 0 Å². The lowest BCUT2D eigenvalue weighted by Gasteiger charge is -2.20. The van der Waals surface area contributed by atoms with Crippen LogP contribution in [0, 0.1) is 0 Å². The average Bonchev–Trinajstić information content (AvgIpc) is 2.95. The van der Waals surface area contributed by atoms with Gasteiger partial charge in [-0.25, -0.2) is 0 Å². The number of carbonyl (C=O) groups is 12. The second-order valence-electron chi connectivity index (χ2n) is 8.88. The first-order chi connectivity index (χ1) is 22.0. The molecule has 0 aliphatic heterocycles. The van der Waals surface area contributed by atoms with Crippen molar-refractivity contribution in [2.75, 3.05) is 0 Å². The van der Waals surface area contributed by atoms with Crippen LogP contribution in [0.2, 0.25) is 0 Å². The summed E-state index contributed by atoms with van der Waals surface area (Å²) in [5.41, 5.74) is 37.6. The highest BCUT2D eigenvalue weighted by atomic mass is 33.1. The third kappa shape index (κ3) is 6.44. The van der Waals surface area contributed by atoms with E-state index in [9.17, 15) is 57.5 Å². The average molecular weight is 705 g/mol. The van der Waals surface area contributed by atoms with Crippen molar-refractivity contribution in [3.8, 4) is 0 Å². The summed E-state index contributed by atoms with van der Waals surface area (Å²) in [6.07, 6.45) is 0. The monoisotopic (exact) mass is 704 g/mol. The van der Waals surface area contributed by atoms with E-state index in [1.165, 1.54) is 0 Å². The Kier molecular flexibility index (Phi) is 10.6. The van der Waals surface area contributed by atoms with Crippen molar-refractivity contribution in [3.05, 3.63) is 66.8 Å². The van der Waals surface area contributed by atoms with Gasteiger partial charge in [-0.2, -0.15) is 0 Å². The Hall–Kier alpha value is -6.82. The van der Waals surface area contributed by atoms with E-state index in [-0.39, 0.29) is 21.6 Å². The minimum atomic E-state index is -1.73. The van der Waals surface area contributed by atoms with E-state index in [1.54, 1.807) is 0 Å². The zero-order valence-electron chi connectivity index (χ0n) is 23.5. The molecule has 0 heterocycles. The molecule has 48 heavy (non-hydrogen) atoms. The van der Waals surface area contributed by atoms with Gasteiger partial charge in [0.05, 0.1) is 66.8 Å². The summed E-state index contributed by atoms with van der Waals surface area (Å²) in [5.74, 6) is -17.0. The largest absolute Gasteiger partial charge is 0.366 e. The van der Waals surface area contributed by atoms with Gasteiger partial charge >= 0.3 is 0 Å². The van der Waals surface area contributed by atoms with Gasteiger partial charge in [0.15, 0.2) is 0 Å². The van der Waals surface area contributed by atoms with Crippen molar-refractivity contribution in [2.24, 2.45) is 57.3 Å². The molecular weight excluding hydrogens is 684 g/mol. The zero-order chi connectivity index (χ0) is 37.3.